The van der Waals surface area contributed by atoms with E-state index in [9.17, 15) is 9.90 Å². The summed E-state index contributed by atoms with van der Waals surface area (Å²) in [5, 5.41) is 20.6. The van der Waals surface area contributed by atoms with Crippen LogP contribution in [0, 0.1) is 5.92 Å². The smallest absolute Gasteiger partial charge is 0.316 e. The van der Waals surface area contributed by atoms with Crippen molar-refractivity contribution in [3.8, 4) is 5.75 Å². The Morgan fingerprint density at radius 1 is 1.50 bits per heavy atom. The Kier molecular flexibility index (Phi) is 6.62. The first-order valence-corrected chi connectivity index (χ1v) is 8.31. The number of carbonyl (C=O) groups excluding carboxylic acids is 1. The number of benzene rings is 1. The lowest BCUT2D eigenvalue weighted by Crippen LogP contribution is -2.11. The average Bonchev–Trinajstić information content (AvgIpc) is 3.00. The highest BCUT2D eigenvalue weighted by molar-refractivity contribution is 7.99. The van der Waals surface area contributed by atoms with Crippen LogP contribution in [-0.4, -0.2) is 44.8 Å². The van der Waals surface area contributed by atoms with E-state index in [1.54, 1.807) is 24.3 Å². The molecule has 0 fully saturated rings. The summed E-state index contributed by atoms with van der Waals surface area (Å²) in [7, 11) is 0. The molecular weight excluding hydrogens is 330 g/mol. The predicted molar refractivity (Wildman–Crippen MR) is 92.2 cm³/mol. The zero-order chi connectivity index (χ0) is 17.4. The van der Waals surface area contributed by atoms with Crippen molar-refractivity contribution in [3.63, 3.8) is 0 Å². The van der Waals surface area contributed by atoms with E-state index in [-0.39, 0.29) is 17.5 Å². The van der Waals surface area contributed by atoms with Gasteiger partial charge in [-0.25, -0.2) is 10.5 Å². The number of aromatic hydroxyl groups is 1. The van der Waals surface area contributed by atoms with Crippen LogP contribution in [0.2, 0.25) is 0 Å². The summed E-state index contributed by atoms with van der Waals surface area (Å²) in [5.74, 6) is 0.618. The minimum atomic E-state index is -0.300. The Hall–Kier alpha value is -2.55. The summed E-state index contributed by atoms with van der Waals surface area (Å²) < 4.78 is 5.07. The molecule has 24 heavy (non-hydrogen) atoms. The molecule has 0 radical (unpaired) electrons. The Labute approximate surface area is 143 Å². The Morgan fingerprint density at radius 2 is 2.29 bits per heavy atom. The maximum atomic E-state index is 11.5. The molecule has 1 heterocycles. The molecule has 9 heteroatoms. The van der Waals surface area contributed by atoms with Gasteiger partial charge in [0.15, 0.2) is 0 Å². The van der Waals surface area contributed by atoms with Crippen LogP contribution in [0.25, 0.3) is 0 Å². The highest BCUT2D eigenvalue weighted by Gasteiger charge is 2.09. The summed E-state index contributed by atoms with van der Waals surface area (Å²) in [4.78, 5) is 15.6. The van der Waals surface area contributed by atoms with Crippen molar-refractivity contribution in [2.45, 2.75) is 19.0 Å². The molecule has 2 rings (SSSR count). The summed E-state index contributed by atoms with van der Waals surface area (Å²) in [6.07, 6.45) is 1.47. The van der Waals surface area contributed by atoms with Crippen LogP contribution in [0.1, 0.15) is 19.4 Å². The first-order chi connectivity index (χ1) is 11.5. The number of phenolic OH excluding ortho intramolecular Hbond substituents is 1. The second kappa shape index (κ2) is 8.92. The van der Waals surface area contributed by atoms with Gasteiger partial charge in [-0.05, 0) is 18.1 Å². The second-order valence-electron chi connectivity index (χ2n) is 5.26. The number of hydrogen-bond donors (Lipinski definition) is 3. The molecule has 1 aromatic heterocycles. The molecule has 0 saturated heterocycles. The van der Waals surface area contributed by atoms with Gasteiger partial charge in [0.1, 0.15) is 5.75 Å². The number of para-hydroxylation sites is 1. The lowest BCUT2D eigenvalue weighted by molar-refractivity contribution is -0.141. The summed E-state index contributed by atoms with van der Waals surface area (Å²) in [6, 6.07) is 6.82. The SMILES string of the molecule is CC(C)COC(=O)CSc1n[nH]c(N/N=C/c2ccccc2O)n1. The number of rotatable bonds is 8. The van der Waals surface area contributed by atoms with Crippen molar-refractivity contribution in [1.29, 1.82) is 0 Å². The van der Waals surface area contributed by atoms with E-state index in [0.717, 1.165) is 0 Å². The van der Waals surface area contributed by atoms with Gasteiger partial charge in [0.25, 0.3) is 0 Å². The molecule has 128 valence electrons. The van der Waals surface area contributed by atoms with E-state index >= 15 is 0 Å². The van der Waals surface area contributed by atoms with Crippen LogP contribution in [0.3, 0.4) is 0 Å². The Balaban J connectivity index is 1.79. The maximum Gasteiger partial charge on any atom is 0.316 e. The third-order valence-corrected chi connectivity index (χ3v) is 3.49. The number of phenols is 1. The van der Waals surface area contributed by atoms with Crippen LogP contribution < -0.4 is 5.43 Å². The highest BCUT2D eigenvalue weighted by Crippen LogP contribution is 2.15. The molecule has 0 amide bonds. The van der Waals surface area contributed by atoms with Crippen LogP contribution in [0.5, 0.6) is 5.75 Å². The zero-order valence-corrected chi connectivity index (χ0v) is 14.2. The van der Waals surface area contributed by atoms with Gasteiger partial charge in [0.05, 0.1) is 18.6 Å². The van der Waals surface area contributed by atoms with E-state index in [0.29, 0.717) is 29.2 Å². The molecule has 0 bridgehead atoms. The van der Waals surface area contributed by atoms with E-state index < -0.39 is 0 Å². The highest BCUT2D eigenvalue weighted by atomic mass is 32.2. The summed E-state index contributed by atoms with van der Waals surface area (Å²) in [6.45, 7) is 4.36. The van der Waals surface area contributed by atoms with Crippen molar-refractivity contribution in [2.75, 3.05) is 17.8 Å². The molecule has 0 aliphatic heterocycles. The van der Waals surface area contributed by atoms with Gasteiger partial charge in [-0.2, -0.15) is 10.1 Å². The van der Waals surface area contributed by atoms with E-state index in [1.807, 2.05) is 13.8 Å². The second-order valence-corrected chi connectivity index (χ2v) is 6.20. The lowest BCUT2D eigenvalue weighted by atomic mass is 10.2. The van der Waals surface area contributed by atoms with Gasteiger partial charge in [0, 0.05) is 5.56 Å². The number of nitrogens with one attached hydrogen (secondary N) is 2. The van der Waals surface area contributed by atoms with Gasteiger partial charge in [-0.15, -0.1) is 5.10 Å². The summed E-state index contributed by atoms with van der Waals surface area (Å²) in [5.41, 5.74) is 3.24. The fourth-order valence-corrected chi connectivity index (χ4v) is 2.14. The van der Waals surface area contributed by atoms with Crippen molar-refractivity contribution in [3.05, 3.63) is 29.8 Å². The van der Waals surface area contributed by atoms with Gasteiger partial charge in [-0.3, -0.25) is 4.79 Å². The average molecular weight is 349 g/mol. The topological polar surface area (TPSA) is 112 Å². The maximum absolute atomic E-state index is 11.5. The van der Waals surface area contributed by atoms with Crippen molar-refractivity contribution < 1.29 is 14.6 Å². The van der Waals surface area contributed by atoms with Crippen LogP contribution in [-0.2, 0) is 9.53 Å². The Morgan fingerprint density at radius 3 is 3.04 bits per heavy atom. The number of nitrogens with zero attached hydrogens (tertiary/aromatic N) is 3. The normalized spacial score (nSPS) is 11.1. The number of aromatic amines is 1. The molecule has 2 aromatic rings. The number of carbonyl (C=O) groups is 1. The number of hydrazone groups is 1. The predicted octanol–water partition coefficient (Wildman–Crippen LogP) is 2.25. The molecule has 0 saturated carbocycles. The van der Waals surface area contributed by atoms with Crippen LogP contribution in [0.15, 0.2) is 34.5 Å². The Bertz CT molecular complexity index is 702. The first-order valence-electron chi connectivity index (χ1n) is 7.32. The van der Waals surface area contributed by atoms with E-state index in [4.69, 9.17) is 4.74 Å². The number of anilines is 1. The van der Waals surface area contributed by atoms with Crippen molar-refractivity contribution >= 4 is 29.9 Å². The number of H-pyrrole nitrogens is 1. The monoisotopic (exact) mass is 349 g/mol. The minimum absolute atomic E-state index is 0.136. The van der Waals surface area contributed by atoms with Gasteiger partial charge >= 0.3 is 5.97 Å². The van der Waals surface area contributed by atoms with Gasteiger partial charge in [-0.1, -0.05) is 37.7 Å². The van der Waals surface area contributed by atoms with Crippen molar-refractivity contribution in [2.24, 2.45) is 11.0 Å². The van der Waals surface area contributed by atoms with Crippen LogP contribution in [0.4, 0.5) is 5.95 Å². The van der Waals surface area contributed by atoms with E-state index in [2.05, 4.69) is 25.7 Å². The molecular formula is C15H19N5O3S. The zero-order valence-electron chi connectivity index (χ0n) is 13.4. The molecule has 0 unspecified atom stereocenters. The molecule has 0 aliphatic carbocycles. The third-order valence-electron chi connectivity index (χ3n) is 2.67. The lowest BCUT2D eigenvalue weighted by Gasteiger charge is -2.05. The fourth-order valence-electron chi connectivity index (χ4n) is 1.55. The number of ether oxygens (including phenoxy) is 1. The van der Waals surface area contributed by atoms with E-state index in [1.165, 1.54) is 18.0 Å². The number of esters is 1. The number of aromatic nitrogens is 3. The third kappa shape index (κ3) is 5.92. The molecule has 0 aliphatic rings. The van der Waals surface area contributed by atoms with Gasteiger partial charge < -0.3 is 9.84 Å². The number of hydrogen-bond acceptors (Lipinski definition) is 8. The largest absolute Gasteiger partial charge is 0.507 e. The van der Waals surface area contributed by atoms with Crippen LogP contribution >= 0.6 is 11.8 Å². The minimum Gasteiger partial charge on any atom is -0.507 e. The number of thioether (sulfide) groups is 1. The quantitative estimate of drug-likeness (QED) is 0.290. The molecule has 0 spiro atoms. The standard InChI is InChI=1S/C15H19N5O3S/c1-10(2)8-23-13(22)9-24-15-17-14(19-20-15)18-16-7-11-5-3-4-6-12(11)21/h3-7,10,21H,8-9H2,1-2H3,(H2,17,18,19,20)/b16-7+. The fraction of sp³-hybridized carbons (Fsp3) is 0.333. The summed E-state index contributed by atoms with van der Waals surface area (Å²) >= 11 is 1.17. The molecule has 0 atom stereocenters. The molecule has 8 nitrogen and oxygen atoms in total. The molecule has 3 N–H and O–H groups in total. The van der Waals surface area contributed by atoms with Crippen molar-refractivity contribution in [1.82, 2.24) is 15.2 Å². The first kappa shape index (κ1) is 17.8. The molecule has 1 aromatic carbocycles. The van der Waals surface area contributed by atoms with Gasteiger partial charge in [0.2, 0.25) is 11.1 Å².